The van der Waals surface area contributed by atoms with Gasteiger partial charge in [-0.05, 0) is 31.7 Å². The summed E-state index contributed by atoms with van der Waals surface area (Å²) in [5.41, 5.74) is 1.11. The molecule has 0 amide bonds. The van der Waals surface area contributed by atoms with Crippen LogP contribution in [-0.4, -0.2) is 0 Å². The third-order valence-corrected chi connectivity index (χ3v) is 1.47. The lowest BCUT2D eigenvalue weighted by Gasteiger charge is -1.91. The van der Waals surface area contributed by atoms with E-state index >= 15 is 0 Å². The third-order valence-electron chi connectivity index (χ3n) is 0.995. The minimum atomic E-state index is 0.781. The molecule has 0 aromatic carbocycles. The molecule has 0 unspecified atom stereocenters. The van der Waals surface area contributed by atoms with Crippen molar-refractivity contribution in [2.75, 3.05) is 0 Å². The molecule has 0 saturated heterocycles. The fraction of sp³-hybridized carbons (Fsp3) is 0.222. The number of rotatable bonds is 3. The molecule has 58 valence electrons. The Kier molecular flexibility index (Phi) is 5.32. The van der Waals surface area contributed by atoms with Gasteiger partial charge in [-0.15, -0.1) is 0 Å². The van der Waals surface area contributed by atoms with Crippen LogP contribution in [-0.2, 0) is 0 Å². The topological polar surface area (TPSA) is 23.8 Å². The van der Waals surface area contributed by atoms with E-state index in [1.807, 2.05) is 37.5 Å². The first-order valence-corrected chi connectivity index (χ1v) is 4.08. The number of thioether (sulfide) groups is 1. The van der Waals surface area contributed by atoms with E-state index in [0.29, 0.717) is 0 Å². The predicted molar refractivity (Wildman–Crippen MR) is 50.9 cm³/mol. The number of allylic oxidation sites excluding steroid dienone is 4. The highest BCUT2D eigenvalue weighted by molar-refractivity contribution is 8.07. The quantitative estimate of drug-likeness (QED) is 0.473. The second-order valence-electron chi connectivity index (χ2n) is 2.05. The van der Waals surface area contributed by atoms with Gasteiger partial charge in [0.05, 0.1) is 0 Å². The van der Waals surface area contributed by atoms with Crippen molar-refractivity contribution >= 4 is 11.8 Å². The molecule has 0 saturated carbocycles. The van der Waals surface area contributed by atoms with Gasteiger partial charge in [0, 0.05) is 4.91 Å². The molecule has 0 spiro atoms. The summed E-state index contributed by atoms with van der Waals surface area (Å²) in [5, 5.41) is 10.2. The van der Waals surface area contributed by atoms with Crippen molar-refractivity contribution in [2.45, 2.75) is 13.8 Å². The van der Waals surface area contributed by atoms with Gasteiger partial charge in [0.1, 0.15) is 5.40 Å². The van der Waals surface area contributed by atoms with E-state index in [1.54, 1.807) is 0 Å². The van der Waals surface area contributed by atoms with Crippen LogP contribution in [0.15, 0.2) is 35.3 Å². The maximum absolute atomic E-state index is 8.28. The van der Waals surface area contributed by atoms with Crippen LogP contribution in [0.1, 0.15) is 13.8 Å². The van der Waals surface area contributed by atoms with E-state index < -0.39 is 0 Å². The number of nitrogens with zero attached hydrogens (tertiary/aromatic N) is 1. The molecule has 0 fully saturated rings. The van der Waals surface area contributed by atoms with Crippen molar-refractivity contribution < 1.29 is 0 Å². The summed E-state index contributed by atoms with van der Waals surface area (Å²) in [6.07, 6.45) is 5.81. The van der Waals surface area contributed by atoms with E-state index in [4.69, 9.17) is 5.26 Å². The van der Waals surface area contributed by atoms with Crippen LogP contribution >= 0.6 is 11.8 Å². The smallest absolute Gasteiger partial charge is 0.138 e. The third kappa shape index (κ3) is 5.50. The summed E-state index contributed by atoms with van der Waals surface area (Å²) in [5.74, 6) is 0. The summed E-state index contributed by atoms with van der Waals surface area (Å²) < 4.78 is 0. The molecule has 0 N–H and O–H groups in total. The van der Waals surface area contributed by atoms with Crippen molar-refractivity contribution in [3.05, 3.63) is 35.3 Å². The van der Waals surface area contributed by atoms with Crippen molar-refractivity contribution in [1.29, 1.82) is 5.26 Å². The minimum absolute atomic E-state index is 0.781. The highest BCUT2D eigenvalue weighted by Crippen LogP contribution is 2.14. The second-order valence-corrected chi connectivity index (χ2v) is 2.96. The minimum Gasteiger partial charge on any atom is -0.185 e. The van der Waals surface area contributed by atoms with Gasteiger partial charge >= 0.3 is 0 Å². The van der Waals surface area contributed by atoms with Crippen molar-refractivity contribution in [3.63, 3.8) is 0 Å². The van der Waals surface area contributed by atoms with Gasteiger partial charge in [-0.3, -0.25) is 0 Å². The first-order chi connectivity index (χ1) is 5.20. The van der Waals surface area contributed by atoms with Gasteiger partial charge in [-0.1, -0.05) is 24.3 Å². The number of thiocyanates is 1. The molecule has 11 heavy (non-hydrogen) atoms. The van der Waals surface area contributed by atoms with Crippen LogP contribution < -0.4 is 0 Å². The molecule has 0 rings (SSSR count). The van der Waals surface area contributed by atoms with E-state index in [1.165, 1.54) is 0 Å². The highest BCUT2D eigenvalue weighted by Gasteiger charge is 1.87. The summed E-state index contributed by atoms with van der Waals surface area (Å²) in [6.45, 7) is 7.63. The zero-order valence-electron chi connectivity index (χ0n) is 6.79. The number of hydrogen-bond donors (Lipinski definition) is 0. The Labute approximate surface area is 72.1 Å². The average Bonchev–Trinajstić information content (AvgIpc) is 1.87. The van der Waals surface area contributed by atoms with Crippen LogP contribution in [0.5, 0.6) is 0 Å². The Balaban J connectivity index is 4.10. The monoisotopic (exact) mass is 165 g/mol. The van der Waals surface area contributed by atoms with Gasteiger partial charge in [-0.2, -0.15) is 5.26 Å². The summed E-state index contributed by atoms with van der Waals surface area (Å²) in [7, 11) is 0. The molecule has 0 aromatic heterocycles. The Bertz CT molecular complexity index is 230. The Morgan fingerprint density at radius 2 is 2.27 bits per heavy atom. The van der Waals surface area contributed by atoms with Crippen LogP contribution in [0.25, 0.3) is 0 Å². The highest BCUT2D eigenvalue weighted by atomic mass is 32.2. The lowest BCUT2D eigenvalue weighted by Crippen LogP contribution is -1.69. The molecule has 0 radical (unpaired) electrons. The molecular weight excluding hydrogens is 154 g/mol. The fourth-order valence-electron chi connectivity index (χ4n) is 0.653. The van der Waals surface area contributed by atoms with Crippen molar-refractivity contribution in [2.24, 2.45) is 0 Å². The molecule has 2 heteroatoms. The number of hydrogen-bond acceptors (Lipinski definition) is 2. The fourth-order valence-corrected chi connectivity index (χ4v) is 1.02. The van der Waals surface area contributed by atoms with Crippen LogP contribution in [0.3, 0.4) is 0 Å². The van der Waals surface area contributed by atoms with E-state index in [9.17, 15) is 0 Å². The first-order valence-electron chi connectivity index (χ1n) is 3.26. The van der Waals surface area contributed by atoms with Gasteiger partial charge in [0.25, 0.3) is 0 Å². The maximum atomic E-state index is 8.28. The lowest BCUT2D eigenvalue weighted by atomic mass is 10.2. The molecule has 0 atom stereocenters. The van der Waals surface area contributed by atoms with Gasteiger partial charge < -0.3 is 0 Å². The largest absolute Gasteiger partial charge is 0.185 e. The molecule has 0 aliphatic carbocycles. The second kappa shape index (κ2) is 5.82. The Hall–Kier alpha value is -0.940. The molecule has 0 bridgehead atoms. The van der Waals surface area contributed by atoms with E-state index in [0.717, 1.165) is 22.2 Å². The van der Waals surface area contributed by atoms with E-state index in [-0.39, 0.29) is 0 Å². The molecule has 0 heterocycles. The van der Waals surface area contributed by atoms with Crippen molar-refractivity contribution in [3.8, 4) is 5.40 Å². The Morgan fingerprint density at radius 1 is 1.64 bits per heavy atom. The SMILES string of the molecule is C=C(/C=C(C)\C=C/C)SC#N. The van der Waals surface area contributed by atoms with Crippen molar-refractivity contribution in [1.82, 2.24) is 0 Å². The molecular formula is C9H11NS. The van der Waals surface area contributed by atoms with E-state index in [2.05, 4.69) is 6.58 Å². The Morgan fingerprint density at radius 3 is 2.73 bits per heavy atom. The summed E-state index contributed by atoms with van der Waals surface area (Å²) in [4.78, 5) is 0.781. The van der Waals surface area contributed by atoms with Crippen LogP contribution in [0, 0.1) is 10.7 Å². The molecule has 0 aromatic rings. The van der Waals surface area contributed by atoms with Crippen LogP contribution in [0.4, 0.5) is 0 Å². The zero-order valence-corrected chi connectivity index (χ0v) is 7.61. The maximum Gasteiger partial charge on any atom is 0.138 e. The summed E-state index contributed by atoms with van der Waals surface area (Å²) >= 11 is 1.09. The average molecular weight is 165 g/mol. The molecule has 0 aliphatic heterocycles. The first kappa shape index (κ1) is 10.1. The normalized spacial score (nSPS) is 11.5. The zero-order chi connectivity index (χ0) is 8.69. The standard InChI is InChI=1S/C9H11NS/c1-4-5-8(2)6-9(3)11-7-10/h4-6H,3H2,1-2H3/b5-4-,8-6-. The predicted octanol–water partition coefficient (Wildman–Crippen LogP) is 3.24. The summed E-state index contributed by atoms with van der Waals surface area (Å²) in [6, 6.07) is 0. The number of nitriles is 1. The van der Waals surface area contributed by atoms with Gasteiger partial charge in [-0.25, -0.2) is 0 Å². The molecule has 1 nitrogen and oxygen atoms in total. The molecule has 0 aliphatic rings. The van der Waals surface area contributed by atoms with Gasteiger partial charge in [0.15, 0.2) is 0 Å². The van der Waals surface area contributed by atoms with Gasteiger partial charge in [0.2, 0.25) is 0 Å². The van der Waals surface area contributed by atoms with Crippen LogP contribution in [0.2, 0.25) is 0 Å². The lowest BCUT2D eigenvalue weighted by molar-refractivity contribution is 1.50.